The molecule has 30 heavy (non-hydrogen) atoms. The van der Waals surface area contributed by atoms with Crippen LogP contribution in [-0.2, 0) is 12.5 Å². The molecule has 3 aromatic rings. The van der Waals surface area contributed by atoms with Crippen molar-refractivity contribution >= 4 is 23.2 Å². The van der Waals surface area contributed by atoms with Gasteiger partial charge in [0.25, 0.3) is 5.91 Å². The van der Waals surface area contributed by atoms with E-state index in [9.17, 15) is 9.90 Å². The zero-order chi connectivity index (χ0) is 22.1. The number of aryl methyl sites for hydroxylation is 1. The number of benzene rings is 2. The monoisotopic (exact) mass is 424 g/mol. The number of aromatic hydroxyl groups is 1. The molecule has 0 fully saturated rings. The molecule has 0 atom stereocenters. The van der Waals surface area contributed by atoms with Crippen molar-refractivity contribution in [2.24, 2.45) is 12.1 Å². The van der Waals surface area contributed by atoms with Crippen molar-refractivity contribution in [3.63, 3.8) is 0 Å². The van der Waals surface area contributed by atoms with Crippen molar-refractivity contribution in [2.45, 2.75) is 33.1 Å². The Morgan fingerprint density at radius 3 is 2.43 bits per heavy atom. The predicted octanol–water partition coefficient (Wildman–Crippen LogP) is 4.90. The van der Waals surface area contributed by atoms with Crippen LogP contribution in [0, 0.1) is 0 Å². The summed E-state index contributed by atoms with van der Waals surface area (Å²) < 4.78 is 1.61. The van der Waals surface area contributed by atoms with Crippen molar-refractivity contribution in [3.05, 3.63) is 70.4 Å². The quantitative estimate of drug-likeness (QED) is 0.462. The summed E-state index contributed by atoms with van der Waals surface area (Å²) in [6, 6.07) is 14.6. The summed E-state index contributed by atoms with van der Waals surface area (Å²) in [5.41, 5.74) is 6.23. The smallest absolute Gasteiger partial charge is 0.271 e. The number of hydrogen-bond acceptors (Lipinski definition) is 4. The molecule has 7 heteroatoms. The highest BCUT2D eigenvalue weighted by atomic mass is 35.5. The van der Waals surface area contributed by atoms with Gasteiger partial charge in [0.2, 0.25) is 0 Å². The number of rotatable bonds is 4. The number of halogens is 1. The van der Waals surface area contributed by atoms with Crippen LogP contribution in [0.2, 0.25) is 5.02 Å². The Morgan fingerprint density at radius 1 is 1.17 bits per heavy atom. The minimum atomic E-state index is -0.398. The van der Waals surface area contributed by atoms with Crippen LogP contribution in [0.3, 0.4) is 0 Å². The van der Waals surface area contributed by atoms with E-state index in [1.54, 1.807) is 42.9 Å². The van der Waals surface area contributed by atoms with Crippen molar-refractivity contribution in [1.82, 2.24) is 15.2 Å². The molecule has 6 nitrogen and oxygen atoms in total. The third-order valence-corrected chi connectivity index (χ3v) is 5.04. The Hall–Kier alpha value is -3.12. The number of nitrogens with zero attached hydrogens (tertiary/aromatic N) is 3. The fraction of sp³-hybridized carbons (Fsp3) is 0.261. The molecular weight excluding hydrogens is 400 g/mol. The molecule has 156 valence electrons. The number of carbonyl (C=O) groups is 1. The minimum Gasteiger partial charge on any atom is -0.504 e. The molecule has 2 aromatic carbocycles. The van der Waals surface area contributed by atoms with E-state index in [4.69, 9.17) is 11.6 Å². The lowest BCUT2D eigenvalue weighted by molar-refractivity contribution is 0.0955. The molecule has 0 bridgehead atoms. The van der Waals surface area contributed by atoms with Gasteiger partial charge < -0.3 is 5.11 Å². The van der Waals surface area contributed by atoms with Gasteiger partial charge in [-0.1, -0.05) is 62.7 Å². The average Bonchev–Trinajstić information content (AvgIpc) is 2.99. The first-order valence-electron chi connectivity index (χ1n) is 9.55. The van der Waals surface area contributed by atoms with Crippen molar-refractivity contribution < 1.29 is 9.90 Å². The first-order chi connectivity index (χ1) is 14.1. The molecule has 0 saturated heterocycles. The summed E-state index contributed by atoms with van der Waals surface area (Å²) in [5, 5.41) is 19.7. The molecule has 2 N–H and O–H groups in total. The Labute approximate surface area is 181 Å². The largest absolute Gasteiger partial charge is 0.504 e. The Morgan fingerprint density at radius 2 is 1.83 bits per heavy atom. The maximum absolute atomic E-state index is 12.3. The Balaban J connectivity index is 1.85. The lowest BCUT2D eigenvalue weighted by Crippen LogP contribution is -2.19. The highest BCUT2D eigenvalue weighted by molar-refractivity contribution is 6.31. The van der Waals surface area contributed by atoms with E-state index in [2.05, 4.69) is 36.4 Å². The third kappa shape index (κ3) is 4.54. The van der Waals surface area contributed by atoms with Crippen LogP contribution >= 0.6 is 11.6 Å². The molecule has 1 heterocycles. The van der Waals surface area contributed by atoms with Gasteiger partial charge >= 0.3 is 0 Å². The lowest BCUT2D eigenvalue weighted by Gasteiger charge is -2.19. The van der Waals surface area contributed by atoms with Crippen LogP contribution in [0.4, 0.5) is 0 Å². The molecule has 0 unspecified atom stereocenters. The number of nitrogens with one attached hydrogen (secondary N) is 1. The summed E-state index contributed by atoms with van der Waals surface area (Å²) in [6.45, 7) is 8.13. The maximum Gasteiger partial charge on any atom is 0.271 e. The van der Waals surface area contributed by atoms with Gasteiger partial charge in [-0.25, -0.2) is 5.43 Å². The first kappa shape index (κ1) is 21.6. The molecule has 1 amide bonds. The van der Waals surface area contributed by atoms with Gasteiger partial charge in [-0.15, -0.1) is 0 Å². The lowest BCUT2D eigenvalue weighted by atomic mass is 9.86. The van der Waals surface area contributed by atoms with E-state index >= 15 is 0 Å². The number of amides is 1. The van der Waals surface area contributed by atoms with Crippen LogP contribution in [-0.4, -0.2) is 26.5 Å². The number of hydrazone groups is 1. The SMILES string of the molecule is C/C(=N\NC(=O)c1cccc(Cl)c1)c1nn(C)c(-c2ccc(C(C)(C)C)cc2)c1O. The zero-order valence-electron chi connectivity index (χ0n) is 17.7. The fourth-order valence-electron chi connectivity index (χ4n) is 3.09. The minimum absolute atomic E-state index is 0.0132. The molecule has 0 aliphatic carbocycles. The van der Waals surface area contributed by atoms with E-state index in [0.29, 0.717) is 27.7 Å². The van der Waals surface area contributed by atoms with Gasteiger partial charge in [-0.05, 0) is 36.1 Å². The summed E-state index contributed by atoms with van der Waals surface area (Å²) in [6.07, 6.45) is 0. The van der Waals surface area contributed by atoms with Crippen molar-refractivity contribution in [2.75, 3.05) is 0 Å². The molecule has 0 aliphatic rings. The van der Waals surface area contributed by atoms with Gasteiger partial charge in [-0.2, -0.15) is 10.2 Å². The van der Waals surface area contributed by atoms with Crippen LogP contribution in [0.1, 0.15) is 49.3 Å². The normalized spacial score (nSPS) is 12.1. The molecule has 0 radical (unpaired) electrons. The summed E-state index contributed by atoms with van der Waals surface area (Å²) in [7, 11) is 1.76. The van der Waals surface area contributed by atoms with Crippen LogP contribution in [0.5, 0.6) is 5.75 Å². The molecular formula is C23H25ClN4O2. The highest BCUT2D eigenvalue weighted by Crippen LogP contribution is 2.33. The first-order valence-corrected chi connectivity index (χ1v) is 9.93. The van der Waals surface area contributed by atoms with Crippen molar-refractivity contribution in [3.8, 4) is 17.0 Å². The zero-order valence-corrected chi connectivity index (χ0v) is 18.4. The highest BCUT2D eigenvalue weighted by Gasteiger charge is 2.20. The summed E-state index contributed by atoms with van der Waals surface area (Å²) in [5.74, 6) is -0.385. The Bertz CT molecular complexity index is 1110. The summed E-state index contributed by atoms with van der Waals surface area (Å²) >= 11 is 5.92. The third-order valence-electron chi connectivity index (χ3n) is 4.80. The van der Waals surface area contributed by atoms with E-state index in [-0.39, 0.29) is 11.2 Å². The van der Waals surface area contributed by atoms with Crippen molar-refractivity contribution in [1.29, 1.82) is 0 Å². The molecule has 0 saturated carbocycles. The standard InChI is InChI=1S/C23H25ClN4O2/c1-14(25-26-22(30)16-7-6-8-18(24)13-16)19-21(29)20(28(5)27-19)15-9-11-17(12-10-15)23(2,3)4/h6-13,29H,1-5H3,(H,26,30)/b25-14+. The van der Waals surface area contributed by atoms with Gasteiger partial charge in [0.15, 0.2) is 11.4 Å². The molecule has 1 aromatic heterocycles. The summed E-state index contributed by atoms with van der Waals surface area (Å²) in [4.78, 5) is 12.3. The van der Waals surface area contributed by atoms with Gasteiger partial charge in [0, 0.05) is 23.2 Å². The second kappa shape index (κ2) is 8.32. The van der Waals surface area contributed by atoms with Gasteiger partial charge in [0.05, 0.1) is 5.71 Å². The average molecular weight is 425 g/mol. The predicted molar refractivity (Wildman–Crippen MR) is 120 cm³/mol. The Kier molecular flexibility index (Phi) is 5.99. The van der Waals surface area contributed by atoms with E-state index < -0.39 is 5.91 Å². The van der Waals surface area contributed by atoms with E-state index in [0.717, 1.165) is 5.56 Å². The maximum atomic E-state index is 12.3. The second-order valence-electron chi connectivity index (χ2n) is 8.15. The van der Waals surface area contributed by atoms with Gasteiger partial charge in [0.1, 0.15) is 5.69 Å². The fourth-order valence-corrected chi connectivity index (χ4v) is 3.28. The second-order valence-corrected chi connectivity index (χ2v) is 8.58. The number of aromatic nitrogens is 2. The molecule has 0 aliphatic heterocycles. The molecule has 0 spiro atoms. The van der Waals surface area contributed by atoms with Gasteiger partial charge in [-0.3, -0.25) is 9.48 Å². The van der Waals surface area contributed by atoms with E-state index in [1.807, 2.05) is 24.3 Å². The number of carbonyl (C=O) groups excluding carboxylic acids is 1. The van der Waals surface area contributed by atoms with Crippen LogP contribution < -0.4 is 5.43 Å². The number of hydrogen-bond donors (Lipinski definition) is 2. The molecule has 3 rings (SSSR count). The van der Waals surface area contributed by atoms with Crippen LogP contribution in [0.15, 0.2) is 53.6 Å². The van der Waals surface area contributed by atoms with E-state index in [1.165, 1.54) is 5.56 Å². The van der Waals surface area contributed by atoms with Crippen LogP contribution in [0.25, 0.3) is 11.3 Å². The topological polar surface area (TPSA) is 79.5 Å².